The summed E-state index contributed by atoms with van der Waals surface area (Å²) in [5, 5.41) is 11.7. The number of carbonyl (C=O) groups is 1. The molecule has 1 aromatic carbocycles. The number of nitrogens with one attached hydrogen (secondary N) is 1. The number of aromatic nitrogens is 4. The van der Waals surface area contributed by atoms with Crippen LogP contribution in [-0.2, 0) is 16.9 Å². The number of halogens is 1. The maximum Gasteiger partial charge on any atom is 0.293 e. The fourth-order valence-corrected chi connectivity index (χ4v) is 2.74. The van der Waals surface area contributed by atoms with Gasteiger partial charge in [-0.15, -0.1) is 0 Å². The highest BCUT2D eigenvalue weighted by Crippen LogP contribution is 2.20. The van der Waals surface area contributed by atoms with Gasteiger partial charge in [0.25, 0.3) is 5.56 Å². The first-order valence-corrected chi connectivity index (χ1v) is 8.18. The summed E-state index contributed by atoms with van der Waals surface area (Å²) >= 11 is 0. The lowest BCUT2D eigenvalue weighted by atomic mass is 10.1. The Morgan fingerprint density at radius 1 is 1.31 bits per heavy atom. The molecule has 2 aromatic heterocycles. The topological polar surface area (TPSA) is 81.8 Å². The number of rotatable bonds is 3. The van der Waals surface area contributed by atoms with Gasteiger partial charge in [-0.25, -0.2) is 9.07 Å². The van der Waals surface area contributed by atoms with Crippen molar-refractivity contribution >= 4 is 22.5 Å². The van der Waals surface area contributed by atoms with E-state index in [0.717, 1.165) is 4.68 Å². The van der Waals surface area contributed by atoms with Gasteiger partial charge in [-0.3, -0.25) is 14.3 Å². The number of anilines is 1. The van der Waals surface area contributed by atoms with Crippen molar-refractivity contribution in [3.63, 3.8) is 0 Å². The van der Waals surface area contributed by atoms with E-state index < -0.39 is 22.8 Å². The van der Waals surface area contributed by atoms with Crippen LogP contribution in [0.3, 0.4) is 0 Å². The third-order valence-electron chi connectivity index (χ3n) is 3.90. The van der Waals surface area contributed by atoms with E-state index in [0.29, 0.717) is 22.3 Å². The Kier molecular flexibility index (Phi) is 4.35. The molecular formula is C18H20FN5O2. The first-order chi connectivity index (χ1) is 12.2. The molecular weight excluding hydrogens is 337 g/mol. The molecule has 0 aliphatic rings. The first kappa shape index (κ1) is 17.8. The van der Waals surface area contributed by atoms with E-state index in [-0.39, 0.29) is 6.54 Å². The van der Waals surface area contributed by atoms with Crippen LogP contribution in [0.25, 0.3) is 10.9 Å². The van der Waals surface area contributed by atoms with E-state index >= 15 is 0 Å². The molecule has 0 atom stereocenters. The number of carbonyl (C=O) groups excluding carboxylic acids is 1. The molecule has 7 nitrogen and oxygen atoms in total. The second kappa shape index (κ2) is 6.36. The second-order valence-corrected chi connectivity index (χ2v) is 7.10. The van der Waals surface area contributed by atoms with Crippen molar-refractivity contribution in [3.8, 4) is 0 Å². The summed E-state index contributed by atoms with van der Waals surface area (Å²) < 4.78 is 16.0. The minimum absolute atomic E-state index is 0.276. The Hall–Kier alpha value is -3.03. The lowest BCUT2D eigenvalue weighted by Gasteiger charge is -2.20. The van der Waals surface area contributed by atoms with E-state index in [2.05, 4.69) is 15.5 Å². The summed E-state index contributed by atoms with van der Waals surface area (Å²) in [6.07, 6.45) is 1.61. The van der Waals surface area contributed by atoms with Gasteiger partial charge < -0.3 is 5.32 Å². The third kappa shape index (κ3) is 3.35. The van der Waals surface area contributed by atoms with Gasteiger partial charge in [0.1, 0.15) is 17.9 Å². The zero-order chi connectivity index (χ0) is 19.1. The van der Waals surface area contributed by atoms with Gasteiger partial charge in [0.15, 0.2) is 0 Å². The second-order valence-electron chi connectivity index (χ2n) is 7.10. The van der Waals surface area contributed by atoms with Crippen LogP contribution in [0.4, 0.5) is 10.1 Å². The number of nitrogens with zero attached hydrogens (tertiary/aromatic N) is 4. The van der Waals surface area contributed by atoms with Gasteiger partial charge in [0.2, 0.25) is 5.91 Å². The van der Waals surface area contributed by atoms with Crippen molar-refractivity contribution in [1.82, 2.24) is 19.6 Å². The van der Waals surface area contributed by atoms with E-state index in [1.54, 1.807) is 23.9 Å². The highest BCUT2D eigenvalue weighted by atomic mass is 19.1. The van der Waals surface area contributed by atoms with E-state index in [4.69, 9.17) is 0 Å². The quantitative estimate of drug-likeness (QED) is 0.780. The largest absolute Gasteiger partial charge is 0.324 e. The Bertz CT molecular complexity index is 1050. The van der Waals surface area contributed by atoms with Gasteiger partial charge in [-0.2, -0.15) is 10.2 Å². The molecule has 0 spiro atoms. The van der Waals surface area contributed by atoms with Crippen molar-refractivity contribution in [2.45, 2.75) is 39.8 Å². The Labute approximate surface area is 149 Å². The van der Waals surface area contributed by atoms with Gasteiger partial charge in [-0.1, -0.05) is 6.07 Å². The van der Waals surface area contributed by atoms with Crippen molar-refractivity contribution < 1.29 is 9.18 Å². The van der Waals surface area contributed by atoms with Crippen LogP contribution in [0, 0.1) is 12.7 Å². The van der Waals surface area contributed by atoms with Crippen LogP contribution in [0.2, 0.25) is 0 Å². The summed E-state index contributed by atoms with van der Waals surface area (Å²) in [5.41, 5.74) is 0.543. The average molecular weight is 357 g/mol. The fraction of sp³-hybridized carbons (Fsp3) is 0.333. The van der Waals surface area contributed by atoms with E-state index in [9.17, 15) is 14.0 Å². The van der Waals surface area contributed by atoms with Gasteiger partial charge in [0.05, 0.1) is 17.4 Å². The number of hydrogen-bond donors (Lipinski definition) is 1. The van der Waals surface area contributed by atoms with E-state index in [1.165, 1.54) is 18.2 Å². The first-order valence-electron chi connectivity index (χ1n) is 8.18. The van der Waals surface area contributed by atoms with Crippen molar-refractivity contribution in [3.05, 3.63) is 52.3 Å². The standard InChI is InChI=1S/C18H20FN5O2/c1-11-14-9-20-24(18(2,3)4)16(14)17(26)23(22-11)10-15(25)21-13-7-5-6-12(19)8-13/h5-9H,10H2,1-4H3,(H,21,25). The van der Waals surface area contributed by atoms with Crippen molar-refractivity contribution in [2.24, 2.45) is 0 Å². The smallest absolute Gasteiger partial charge is 0.293 e. The molecule has 0 saturated heterocycles. The summed E-state index contributed by atoms with van der Waals surface area (Å²) in [5.74, 6) is -0.921. The van der Waals surface area contributed by atoms with Crippen LogP contribution >= 0.6 is 0 Å². The SMILES string of the molecule is Cc1nn(CC(=O)Nc2cccc(F)c2)c(=O)c2c1cnn2C(C)(C)C. The molecule has 1 N–H and O–H groups in total. The molecule has 0 bridgehead atoms. The maximum absolute atomic E-state index is 13.2. The number of hydrogen-bond acceptors (Lipinski definition) is 4. The van der Waals surface area contributed by atoms with Crippen LogP contribution in [0.5, 0.6) is 0 Å². The molecule has 0 fully saturated rings. The monoisotopic (exact) mass is 357 g/mol. The molecule has 0 saturated carbocycles. The molecule has 0 aliphatic carbocycles. The molecule has 0 unspecified atom stereocenters. The summed E-state index contributed by atoms with van der Waals surface area (Å²) in [6.45, 7) is 7.31. The third-order valence-corrected chi connectivity index (χ3v) is 3.90. The molecule has 2 heterocycles. The van der Waals surface area contributed by atoms with Crippen LogP contribution < -0.4 is 10.9 Å². The van der Waals surface area contributed by atoms with Crippen LogP contribution in [0.15, 0.2) is 35.3 Å². The highest BCUT2D eigenvalue weighted by molar-refractivity contribution is 5.90. The lowest BCUT2D eigenvalue weighted by molar-refractivity contribution is -0.117. The molecule has 0 aliphatic heterocycles. The molecule has 0 radical (unpaired) electrons. The highest BCUT2D eigenvalue weighted by Gasteiger charge is 2.22. The molecule has 8 heteroatoms. The van der Waals surface area contributed by atoms with Crippen molar-refractivity contribution in [1.29, 1.82) is 0 Å². The predicted octanol–water partition coefficient (Wildman–Crippen LogP) is 2.43. The Morgan fingerprint density at radius 3 is 2.69 bits per heavy atom. The maximum atomic E-state index is 13.2. The fourth-order valence-electron chi connectivity index (χ4n) is 2.74. The zero-order valence-electron chi connectivity index (χ0n) is 15.1. The molecule has 3 rings (SSSR count). The number of benzene rings is 1. The summed E-state index contributed by atoms with van der Waals surface area (Å²) in [7, 11) is 0. The van der Waals surface area contributed by atoms with Gasteiger partial charge in [-0.05, 0) is 45.9 Å². The molecule has 26 heavy (non-hydrogen) atoms. The minimum atomic E-state index is -0.467. The average Bonchev–Trinajstić information content (AvgIpc) is 2.98. The number of aryl methyl sites for hydroxylation is 1. The summed E-state index contributed by atoms with van der Waals surface area (Å²) in [6, 6.07) is 5.55. The molecule has 136 valence electrons. The zero-order valence-corrected chi connectivity index (χ0v) is 15.1. The Balaban J connectivity index is 1.96. The lowest BCUT2D eigenvalue weighted by Crippen LogP contribution is -2.33. The van der Waals surface area contributed by atoms with Crippen LogP contribution in [-0.4, -0.2) is 25.5 Å². The normalized spacial score (nSPS) is 11.7. The Morgan fingerprint density at radius 2 is 2.04 bits per heavy atom. The summed E-state index contributed by atoms with van der Waals surface area (Å²) in [4.78, 5) is 25.1. The van der Waals surface area contributed by atoms with Gasteiger partial charge >= 0.3 is 0 Å². The minimum Gasteiger partial charge on any atom is -0.324 e. The van der Waals surface area contributed by atoms with Gasteiger partial charge in [0, 0.05) is 11.1 Å². The predicted molar refractivity (Wildman–Crippen MR) is 96.6 cm³/mol. The molecule has 1 amide bonds. The number of fused-ring (bicyclic) bond motifs is 1. The van der Waals surface area contributed by atoms with Crippen molar-refractivity contribution in [2.75, 3.05) is 5.32 Å². The van der Waals surface area contributed by atoms with Crippen LogP contribution in [0.1, 0.15) is 26.5 Å². The molecule has 3 aromatic rings. The number of amides is 1. The van der Waals surface area contributed by atoms with E-state index in [1.807, 2.05) is 20.8 Å².